The van der Waals surface area contributed by atoms with Gasteiger partial charge in [-0.3, -0.25) is 0 Å². The summed E-state index contributed by atoms with van der Waals surface area (Å²) >= 11 is 7.86. The number of amidine groups is 1. The van der Waals surface area contributed by atoms with Crippen molar-refractivity contribution in [3.63, 3.8) is 0 Å². The van der Waals surface area contributed by atoms with Crippen LogP contribution >= 0.6 is 23.4 Å². The van der Waals surface area contributed by atoms with E-state index in [4.69, 9.17) is 21.3 Å². The third-order valence-electron chi connectivity index (χ3n) is 6.35. The van der Waals surface area contributed by atoms with Gasteiger partial charge in [-0.1, -0.05) is 71.9 Å². The van der Waals surface area contributed by atoms with Crippen molar-refractivity contribution >= 4 is 39.9 Å². The first-order chi connectivity index (χ1) is 15.7. The summed E-state index contributed by atoms with van der Waals surface area (Å²) in [6, 6.07) is 25.3. The molecular formula is C27H21ClN2OS. The maximum Gasteiger partial charge on any atom is 0.174 e. The van der Waals surface area contributed by atoms with Crippen molar-refractivity contribution in [2.24, 2.45) is 4.99 Å². The lowest BCUT2D eigenvalue weighted by molar-refractivity contribution is 0.413. The molecule has 158 valence electrons. The summed E-state index contributed by atoms with van der Waals surface area (Å²) < 4.78 is 5.42. The van der Waals surface area contributed by atoms with E-state index >= 15 is 0 Å². The topological polar surface area (TPSA) is 24.8 Å². The van der Waals surface area contributed by atoms with E-state index in [1.54, 1.807) is 18.9 Å². The van der Waals surface area contributed by atoms with Crippen molar-refractivity contribution in [2.45, 2.75) is 18.9 Å². The highest BCUT2D eigenvalue weighted by Crippen LogP contribution is 2.51. The van der Waals surface area contributed by atoms with Crippen LogP contribution < -0.4 is 4.74 Å². The van der Waals surface area contributed by atoms with Crippen LogP contribution in [-0.4, -0.2) is 17.2 Å². The zero-order chi connectivity index (χ0) is 21.7. The fraction of sp³-hybridized carbons (Fsp3) is 0.148. The number of thioether (sulfide) groups is 1. The Hall–Kier alpha value is -2.95. The molecule has 0 N–H and O–H groups in total. The molecule has 5 heteroatoms. The largest absolute Gasteiger partial charge is 0.497 e. The number of fused-ring (bicyclic) bond motifs is 3. The Morgan fingerprint density at radius 2 is 1.75 bits per heavy atom. The van der Waals surface area contributed by atoms with Crippen LogP contribution in [0.2, 0.25) is 5.02 Å². The molecule has 3 aromatic rings. The molecule has 0 radical (unpaired) electrons. The number of methoxy groups -OCH3 is 1. The number of rotatable bonds is 3. The van der Waals surface area contributed by atoms with Crippen molar-refractivity contribution in [3.8, 4) is 5.75 Å². The maximum atomic E-state index is 6.17. The van der Waals surface area contributed by atoms with E-state index in [9.17, 15) is 0 Å². The Bertz CT molecular complexity index is 1290. The molecule has 0 bridgehead atoms. The van der Waals surface area contributed by atoms with Gasteiger partial charge in [0.2, 0.25) is 0 Å². The summed E-state index contributed by atoms with van der Waals surface area (Å²) in [5.41, 5.74) is 8.71. The number of benzene rings is 3. The second kappa shape index (κ2) is 7.88. The van der Waals surface area contributed by atoms with Gasteiger partial charge in [0.25, 0.3) is 0 Å². The predicted molar refractivity (Wildman–Crippen MR) is 134 cm³/mol. The highest BCUT2D eigenvalue weighted by Gasteiger charge is 2.40. The molecule has 0 saturated carbocycles. The fourth-order valence-electron chi connectivity index (χ4n) is 4.80. The zero-order valence-corrected chi connectivity index (χ0v) is 19.2. The minimum absolute atomic E-state index is 0.0914. The molecule has 0 amide bonds. The molecule has 3 aliphatic rings. The van der Waals surface area contributed by atoms with Gasteiger partial charge in [0, 0.05) is 16.0 Å². The Labute approximate surface area is 197 Å². The molecule has 0 saturated heterocycles. The molecular weight excluding hydrogens is 436 g/mol. The monoisotopic (exact) mass is 456 g/mol. The number of hydrogen-bond acceptors (Lipinski definition) is 4. The van der Waals surface area contributed by atoms with Crippen LogP contribution in [0.25, 0.3) is 11.4 Å². The molecule has 1 unspecified atom stereocenters. The number of ether oxygens (including phenoxy) is 1. The Morgan fingerprint density at radius 3 is 2.53 bits per heavy atom. The van der Waals surface area contributed by atoms with E-state index in [0.717, 1.165) is 45.7 Å². The van der Waals surface area contributed by atoms with E-state index in [-0.39, 0.29) is 6.04 Å². The first-order valence-electron chi connectivity index (χ1n) is 10.7. The summed E-state index contributed by atoms with van der Waals surface area (Å²) in [5.74, 6) is 0.867. The lowest BCUT2D eigenvalue weighted by atomic mass is 9.82. The van der Waals surface area contributed by atoms with Crippen molar-refractivity contribution < 1.29 is 4.74 Å². The predicted octanol–water partition coefficient (Wildman–Crippen LogP) is 7.16. The molecule has 0 spiro atoms. The Morgan fingerprint density at radius 1 is 0.969 bits per heavy atom. The van der Waals surface area contributed by atoms with Crippen LogP contribution in [0, 0.1) is 0 Å². The first-order valence-corrected chi connectivity index (χ1v) is 11.9. The second-order valence-corrected chi connectivity index (χ2v) is 9.37. The van der Waals surface area contributed by atoms with Gasteiger partial charge >= 0.3 is 0 Å². The van der Waals surface area contributed by atoms with Gasteiger partial charge in [-0.25, -0.2) is 4.99 Å². The van der Waals surface area contributed by atoms with Gasteiger partial charge < -0.3 is 9.64 Å². The fourth-order valence-corrected chi connectivity index (χ4v) is 5.85. The van der Waals surface area contributed by atoms with E-state index in [2.05, 4.69) is 58.8 Å². The van der Waals surface area contributed by atoms with Crippen LogP contribution in [0.5, 0.6) is 5.75 Å². The standard InChI is InChI=1S/C27H21ClN2OS/c1-31-21-13-8-19(9-14-21)26-23-15-10-17-4-2-3-5-22(17)25(23)29-27-30(26)24(16-32-27)18-6-11-20(28)12-7-18/h2-9,11-14,16,26H,10,15H2,1H3. The summed E-state index contributed by atoms with van der Waals surface area (Å²) in [7, 11) is 1.71. The molecule has 0 aromatic heterocycles. The van der Waals surface area contributed by atoms with Crippen molar-refractivity contribution in [3.05, 3.63) is 111 Å². The number of aliphatic imine (C=N–C) groups is 1. The third kappa shape index (κ3) is 3.17. The number of halogens is 1. The average molecular weight is 457 g/mol. The van der Waals surface area contributed by atoms with Crippen molar-refractivity contribution in [1.29, 1.82) is 0 Å². The molecule has 1 atom stereocenters. The van der Waals surface area contributed by atoms with Crippen LogP contribution in [-0.2, 0) is 6.42 Å². The summed E-state index contributed by atoms with van der Waals surface area (Å²) in [6.07, 6.45) is 2.03. The summed E-state index contributed by atoms with van der Waals surface area (Å²) in [5, 5.41) is 3.97. The van der Waals surface area contributed by atoms with E-state index < -0.39 is 0 Å². The normalized spacial score (nSPS) is 19.1. The molecule has 2 heterocycles. The van der Waals surface area contributed by atoms with Crippen LogP contribution in [0.1, 0.15) is 34.7 Å². The molecule has 32 heavy (non-hydrogen) atoms. The van der Waals surface area contributed by atoms with Gasteiger partial charge in [-0.15, -0.1) is 0 Å². The van der Waals surface area contributed by atoms with E-state index in [1.165, 1.54) is 22.3 Å². The van der Waals surface area contributed by atoms with Gasteiger partial charge in [-0.2, -0.15) is 0 Å². The van der Waals surface area contributed by atoms with E-state index in [1.807, 2.05) is 24.3 Å². The van der Waals surface area contributed by atoms with Crippen molar-refractivity contribution in [2.75, 3.05) is 7.11 Å². The average Bonchev–Trinajstić information content (AvgIpc) is 3.27. The highest BCUT2D eigenvalue weighted by atomic mass is 35.5. The molecule has 3 nitrogen and oxygen atoms in total. The highest BCUT2D eigenvalue weighted by molar-refractivity contribution is 8.16. The third-order valence-corrected chi connectivity index (χ3v) is 7.44. The molecule has 0 fully saturated rings. The SMILES string of the molecule is COc1ccc(C2C3=C(N=C4SC=C(c5ccc(Cl)cc5)N42)c2ccccc2CC3)cc1. The number of aryl methyl sites for hydroxylation is 1. The first kappa shape index (κ1) is 19.7. The second-order valence-electron chi connectivity index (χ2n) is 8.10. The maximum absolute atomic E-state index is 6.17. The lowest BCUT2D eigenvalue weighted by Crippen LogP contribution is -2.34. The number of hydrogen-bond donors (Lipinski definition) is 0. The molecule has 6 rings (SSSR count). The number of nitrogens with zero attached hydrogens (tertiary/aromatic N) is 2. The Kier molecular flexibility index (Phi) is 4.85. The van der Waals surface area contributed by atoms with Gasteiger partial charge in [0.05, 0.1) is 24.5 Å². The van der Waals surface area contributed by atoms with Gasteiger partial charge in [0.1, 0.15) is 5.75 Å². The Balaban J connectivity index is 1.52. The molecule has 3 aromatic carbocycles. The van der Waals surface area contributed by atoms with Crippen LogP contribution in [0.3, 0.4) is 0 Å². The minimum Gasteiger partial charge on any atom is -0.497 e. The zero-order valence-electron chi connectivity index (χ0n) is 17.6. The minimum atomic E-state index is 0.0914. The quantitative estimate of drug-likeness (QED) is 0.417. The smallest absolute Gasteiger partial charge is 0.174 e. The van der Waals surface area contributed by atoms with E-state index in [0.29, 0.717) is 0 Å². The molecule has 1 aliphatic carbocycles. The van der Waals surface area contributed by atoms with Gasteiger partial charge in [-0.05, 0) is 59.4 Å². The summed E-state index contributed by atoms with van der Waals surface area (Å²) in [4.78, 5) is 7.58. The molecule has 2 aliphatic heterocycles. The van der Waals surface area contributed by atoms with Crippen LogP contribution in [0.15, 0.2) is 88.8 Å². The van der Waals surface area contributed by atoms with Gasteiger partial charge in [0.15, 0.2) is 5.17 Å². The van der Waals surface area contributed by atoms with Crippen LogP contribution in [0.4, 0.5) is 0 Å². The summed E-state index contributed by atoms with van der Waals surface area (Å²) in [6.45, 7) is 0. The van der Waals surface area contributed by atoms with Crippen molar-refractivity contribution in [1.82, 2.24) is 4.90 Å². The lowest BCUT2D eigenvalue weighted by Gasteiger charge is -2.39.